The van der Waals surface area contributed by atoms with Crippen LogP contribution in [0.25, 0.3) is 0 Å². The Kier molecular flexibility index (Phi) is 5.72. The molecule has 0 radical (unpaired) electrons. The Morgan fingerprint density at radius 1 is 1.03 bits per heavy atom. The predicted octanol–water partition coefficient (Wildman–Crippen LogP) is 3.32. The van der Waals surface area contributed by atoms with E-state index in [1.165, 1.54) is 12.1 Å². The minimum absolute atomic E-state index is 0.00154. The second kappa shape index (κ2) is 8.41. The minimum Gasteiger partial charge on any atom is -0.368 e. The monoisotopic (exact) mass is 415 g/mol. The number of likely N-dealkylation sites (tertiary alicyclic amines) is 1. The van der Waals surface area contributed by atoms with Gasteiger partial charge in [0.1, 0.15) is 11.9 Å². The molecule has 4 rings (SSSR count). The standard InChI is InChI=1S/C22H23ClFN3O2/c23-19-4-2-1-3-16(19)15-27-20(9-10-21(27)28)22(29)26-13-11-25(12-14-26)18-7-5-17(24)6-8-18/h1-8,20H,9-15H2/t20-/m1/s1. The van der Waals surface area contributed by atoms with Crippen molar-refractivity contribution < 1.29 is 14.0 Å². The van der Waals surface area contributed by atoms with Crippen molar-refractivity contribution in [1.82, 2.24) is 9.80 Å². The van der Waals surface area contributed by atoms with Crippen LogP contribution in [0.2, 0.25) is 5.02 Å². The average molecular weight is 416 g/mol. The van der Waals surface area contributed by atoms with Crippen molar-refractivity contribution in [3.8, 4) is 0 Å². The van der Waals surface area contributed by atoms with Gasteiger partial charge in [0, 0.05) is 49.9 Å². The van der Waals surface area contributed by atoms with E-state index >= 15 is 0 Å². The van der Waals surface area contributed by atoms with Gasteiger partial charge in [-0.25, -0.2) is 4.39 Å². The molecule has 1 atom stereocenters. The first-order chi connectivity index (χ1) is 14.0. The molecule has 0 aromatic heterocycles. The normalized spacial score (nSPS) is 19.7. The molecule has 7 heteroatoms. The number of carbonyl (C=O) groups excluding carboxylic acids is 2. The molecule has 0 N–H and O–H groups in total. The molecule has 0 aliphatic carbocycles. The quantitative estimate of drug-likeness (QED) is 0.769. The van der Waals surface area contributed by atoms with E-state index in [2.05, 4.69) is 4.90 Å². The van der Waals surface area contributed by atoms with Crippen LogP contribution in [0.15, 0.2) is 48.5 Å². The van der Waals surface area contributed by atoms with E-state index < -0.39 is 6.04 Å². The van der Waals surface area contributed by atoms with Gasteiger partial charge in [-0.3, -0.25) is 9.59 Å². The van der Waals surface area contributed by atoms with Gasteiger partial charge < -0.3 is 14.7 Å². The van der Waals surface area contributed by atoms with Crippen molar-refractivity contribution >= 4 is 29.1 Å². The lowest BCUT2D eigenvalue weighted by atomic mass is 10.1. The van der Waals surface area contributed by atoms with Gasteiger partial charge in [-0.05, 0) is 42.3 Å². The number of nitrogens with zero attached hydrogens (tertiary/aromatic N) is 3. The van der Waals surface area contributed by atoms with Gasteiger partial charge in [-0.15, -0.1) is 0 Å². The van der Waals surface area contributed by atoms with Gasteiger partial charge in [0.05, 0.1) is 0 Å². The second-order valence-electron chi connectivity index (χ2n) is 7.46. The molecule has 2 aliphatic rings. The lowest BCUT2D eigenvalue weighted by Gasteiger charge is -2.38. The van der Waals surface area contributed by atoms with Gasteiger partial charge >= 0.3 is 0 Å². The Bertz CT molecular complexity index is 897. The molecule has 2 fully saturated rings. The Morgan fingerprint density at radius 2 is 1.72 bits per heavy atom. The summed E-state index contributed by atoms with van der Waals surface area (Å²) in [6.07, 6.45) is 0.927. The number of hydrogen-bond donors (Lipinski definition) is 0. The molecule has 29 heavy (non-hydrogen) atoms. The topological polar surface area (TPSA) is 43.9 Å². The van der Waals surface area contributed by atoms with Crippen molar-refractivity contribution in [2.45, 2.75) is 25.4 Å². The van der Waals surface area contributed by atoms with Crippen LogP contribution in [0, 0.1) is 5.82 Å². The molecule has 2 aromatic rings. The van der Waals surface area contributed by atoms with E-state index in [9.17, 15) is 14.0 Å². The Balaban J connectivity index is 1.40. The molecule has 2 heterocycles. The van der Waals surface area contributed by atoms with Crippen LogP contribution < -0.4 is 4.90 Å². The average Bonchev–Trinajstić information content (AvgIpc) is 3.10. The maximum absolute atomic E-state index is 13.2. The summed E-state index contributed by atoms with van der Waals surface area (Å²) in [6.45, 7) is 2.89. The zero-order valence-corrected chi connectivity index (χ0v) is 16.8. The van der Waals surface area contributed by atoms with Crippen molar-refractivity contribution in [3.63, 3.8) is 0 Å². The van der Waals surface area contributed by atoms with E-state index in [4.69, 9.17) is 11.6 Å². The third kappa shape index (κ3) is 4.22. The number of halogens is 2. The van der Waals surface area contributed by atoms with Crippen molar-refractivity contribution in [3.05, 3.63) is 64.9 Å². The fourth-order valence-corrected chi connectivity index (χ4v) is 4.24. The maximum atomic E-state index is 13.2. The van der Waals surface area contributed by atoms with Crippen LogP contribution in [-0.2, 0) is 16.1 Å². The summed E-state index contributed by atoms with van der Waals surface area (Å²) in [7, 11) is 0. The Hall–Kier alpha value is -2.60. The predicted molar refractivity (Wildman–Crippen MR) is 110 cm³/mol. The smallest absolute Gasteiger partial charge is 0.245 e. The van der Waals surface area contributed by atoms with Crippen LogP contribution >= 0.6 is 11.6 Å². The third-order valence-corrected chi connectivity index (χ3v) is 6.06. The molecule has 2 amide bonds. The molecule has 2 aliphatic heterocycles. The fraction of sp³-hybridized carbons (Fsp3) is 0.364. The van der Waals surface area contributed by atoms with Crippen LogP contribution in [0.5, 0.6) is 0 Å². The van der Waals surface area contributed by atoms with Crippen molar-refractivity contribution in [2.75, 3.05) is 31.1 Å². The fourth-order valence-electron chi connectivity index (χ4n) is 4.05. The minimum atomic E-state index is -0.434. The molecule has 0 saturated carbocycles. The highest BCUT2D eigenvalue weighted by atomic mass is 35.5. The van der Waals surface area contributed by atoms with Crippen LogP contribution in [-0.4, -0.2) is 53.8 Å². The second-order valence-corrected chi connectivity index (χ2v) is 7.86. The number of amides is 2. The van der Waals surface area contributed by atoms with Gasteiger partial charge in [0.25, 0.3) is 0 Å². The largest absolute Gasteiger partial charge is 0.368 e. The molecular formula is C22H23ClFN3O2. The molecular weight excluding hydrogens is 393 g/mol. The molecule has 0 spiro atoms. The van der Waals surface area contributed by atoms with Crippen molar-refractivity contribution in [1.29, 1.82) is 0 Å². The van der Waals surface area contributed by atoms with Crippen molar-refractivity contribution in [2.24, 2.45) is 0 Å². The first-order valence-corrected chi connectivity index (χ1v) is 10.2. The molecule has 2 saturated heterocycles. The lowest BCUT2D eigenvalue weighted by Crippen LogP contribution is -2.54. The van der Waals surface area contributed by atoms with E-state index in [1.54, 1.807) is 23.1 Å². The summed E-state index contributed by atoms with van der Waals surface area (Å²) >= 11 is 6.25. The molecule has 5 nitrogen and oxygen atoms in total. The molecule has 152 valence electrons. The molecule has 0 bridgehead atoms. The summed E-state index contributed by atoms with van der Waals surface area (Å²) < 4.78 is 13.1. The first-order valence-electron chi connectivity index (χ1n) is 9.85. The number of carbonyl (C=O) groups is 2. The maximum Gasteiger partial charge on any atom is 0.245 e. The summed E-state index contributed by atoms with van der Waals surface area (Å²) in [5, 5.41) is 0.603. The van der Waals surface area contributed by atoms with E-state index in [-0.39, 0.29) is 17.6 Å². The Morgan fingerprint density at radius 3 is 2.41 bits per heavy atom. The van der Waals surface area contributed by atoms with Gasteiger partial charge in [-0.2, -0.15) is 0 Å². The first kappa shape index (κ1) is 19.7. The zero-order valence-electron chi connectivity index (χ0n) is 16.1. The van der Waals surface area contributed by atoms with E-state index in [1.807, 2.05) is 23.1 Å². The highest BCUT2D eigenvalue weighted by molar-refractivity contribution is 6.31. The van der Waals surface area contributed by atoms with E-state index in [0.29, 0.717) is 50.6 Å². The summed E-state index contributed by atoms with van der Waals surface area (Å²) in [5.41, 5.74) is 1.80. The molecule has 0 unspecified atom stereocenters. The van der Waals surface area contributed by atoms with Crippen LogP contribution in [0.4, 0.5) is 10.1 Å². The summed E-state index contributed by atoms with van der Waals surface area (Å²) in [6, 6.07) is 13.4. The van der Waals surface area contributed by atoms with Gasteiger partial charge in [0.2, 0.25) is 11.8 Å². The lowest BCUT2D eigenvalue weighted by molar-refractivity contribution is -0.142. The SMILES string of the molecule is O=C([C@H]1CCC(=O)N1Cc1ccccc1Cl)N1CCN(c2ccc(F)cc2)CC1. The van der Waals surface area contributed by atoms with Gasteiger partial charge in [0.15, 0.2) is 0 Å². The number of piperazine rings is 1. The highest BCUT2D eigenvalue weighted by Gasteiger charge is 2.39. The van der Waals surface area contributed by atoms with Gasteiger partial charge in [-0.1, -0.05) is 29.8 Å². The van der Waals surface area contributed by atoms with Crippen LogP contribution in [0.1, 0.15) is 18.4 Å². The summed E-state index contributed by atoms with van der Waals surface area (Å²) in [5.74, 6) is -0.262. The highest BCUT2D eigenvalue weighted by Crippen LogP contribution is 2.26. The van der Waals surface area contributed by atoms with Crippen LogP contribution in [0.3, 0.4) is 0 Å². The molecule has 2 aromatic carbocycles. The number of anilines is 1. The zero-order chi connectivity index (χ0) is 20.4. The van der Waals surface area contributed by atoms with E-state index in [0.717, 1.165) is 11.3 Å². The number of rotatable bonds is 4. The number of hydrogen-bond acceptors (Lipinski definition) is 3. The number of benzene rings is 2. The Labute approximate surface area is 174 Å². The third-order valence-electron chi connectivity index (χ3n) is 5.69. The summed E-state index contributed by atoms with van der Waals surface area (Å²) in [4.78, 5) is 31.2.